The molecule has 0 aromatic carbocycles. The lowest BCUT2D eigenvalue weighted by atomic mass is 10.2. The van der Waals surface area contributed by atoms with E-state index < -0.39 is 12.1 Å². The SMILES string of the molecule is NNc1ccc(C(=O)OC2C(=O)CCC2=O)cn1. The number of pyridine rings is 1. The monoisotopic (exact) mass is 249 g/mol. The lowest BCUT2D eigenvalue weighted by Crippen LogP contribution is -2.28. The topological polar surface area (TPSA) is 111 Å². The quantitative estimate of drug-likeness (QED) is 0.331. The maximum atomic E-state index is 11.7. The smallest absolute Gasteiger partial charge is 0.340 e. The molecule has 1 aliphatic carbocycles. The maximum Gasteiger partial charge on any atom is 0.340 e. The minimum Gasteiger partial charge on any atom is -0.443 e. The number of carbonyl (C=O) groups is 3. The molecule has 0 unspecified atom stereocenters. The molecule has 0 bridgehead atoms. The summed E-state index contributed by atoms with van der Waals surface area (Å²) < 4.78 is 4.87. The molecular weight excluding hydrogens is 238 g/mol. The number of carbonyl (C=O) groups excluding carboxylic acids is 3. The predicted molar refractivity (Wildman–Crippen MR) is 60.5 cm³/mol. The van der Waals surface area contributed by atoms with Crippen molar-refractivity contribution in [2.45, 2.75) is 18.9 Å². The molecule has 2 rings (SSSR count). The van der Waals surface area contributed by atoms with Crippen LogP contribution in [0, 0.1) is 0 Å². The minimum atomic E-state index is -1.26. The number of Topliss-reactive ketones (excluding diaryl/α,β-unsaturated/α-hetero) is 2. The molecule has 0 amide bonds. The Hall–Kier alpha value is -2.28. The molecule has 1 aromatic heterocycles. The van der Waals surface area contributed by atoms with Crippen LogP contribution < -0.4 is 11.3 Å². The van der Waals surface area contributed by atoms with Gasteiger partial charge in [0.2, 0.25) is 6.10 Å². The Bertz CT molecular complexity index is 482. The number of hydrogen-bond donors (Lipinski definition) is 2. The second-order valence-corrected chi connectivity index (χ2v) is 3.79. The van der Waals surface area contributed by atoms with Gasteiger partial charge in [0, 0.05) is 19.0 Å². The van der Waals surface area contributed by atoms with Gasteiger partial charge in [0.25, 0.3) is 0 Å². The highest BCUT2D eigenvalue weighted by Crippen LogP contribution is 2.16. The van der Waals surface area contributed by atoms with Crippen LogP contribution in [-0.4, -0.2) is 28.6 Å². The molecule has 3 N–H and O–H groups in total. The third-order valence-electron chi connectivity index (χ3n) is 2.57. The van der Waals surface area contributed by atoms with Crippen molar-refractivity contribution >= 4 is 23.4 Å². The molecular formula is C11H11N3O4. The summed E-state index contributed by atoms with van der Waals surface area (Å²) in [6.45, 7) is 0. The molecule has 7 heteroatoms. The Morgan fingerprint density at radius 3 is 2.50 bits per heavy atom. The molecule has 1 fully saturated rings. The van der Waals surface area contributed by atoms with Crippen molar-refractivity contribution in [1.29, 1.82) is 0 Å². The van der Waals surface area contributed by atoms with Crippen molar-refractivity contribution < 1.29 is 19.1 Å². The number of nitrogen functional groups attached to an aromatic ring is 1. The van der Waals surface area contributed by atoms with E-state index >= 15 is 0 Å². The summed E-state index contributed by atoms with van der Waals surface area (Å²) >= 11 is 0. The van der Waals surface area contributed by atoms with E-state index in [-0.39, 0.29) is 30.0 Å². The maximum absolute atomic E-state index is 11.7. The average molecular weight is 249 g/mol. The van der Waals surface area contributed by atoms with E-state index in [2.05, 4.69) is 10.4 Å². The van der Waals surface area contributed by atoms with Gasteiger partial charge in [0.1, 0.15) is 5.82 Å². The number of rotatable bonds is 3. The number of ketones is 2. The molecule has 0 radical (unpaired) electrons. The van der Waals surface area contributed by atoms with Crippen molar-refractivity contribution in [2.75, 3.05) is 5.43 Å². The zero-order valence-electron chi connectivity index (χ0n) is 9.38. The molecule has 18 heavy (non-hydrogen) atoms. The van der Waals surface area contributed by atoms with Gasteiger partial charge in [-0.05, 0) is 12.1 Å². The Kier molecular flexibility index (Phi) is 3.33. The normalized spacial score (nSPS) is 15.8. The van der Waals surface area contributed by atoms with Crippen LogP contribution in [0.5, 0.6) is 0 Å². The first-order chi connectivity index (χ1) is 8.61. The first kappa shape index (κ1) is 12.2. The van der Waals surface area contributed by atoms with Gasteiger partial charge in [-0.3, -0.25) is 9.59 Å². The highest BCUT2D eigenvalue weighted by molar-refractivity contribution is 6.12. The number of nitrogens with two attached hydrogens (primary N) is 1. The van der Waals surface area contributed by atoms with Gasteiger partial charge in [0.15, 0.2) is 11.6 Å². The summed E-state index contributed by atoms with van der Waals surface area (Å²) in [4.78, 5) is 38.1. The van der Waals surface area contributed by atoms with Crippen LogP contribution in [0.25, 0.3) is 0 Å². The number of nitrogens with zero attached hydrogens (tertiary/aromatic N) is 1. The molecule has 1 heterocycles. The first-order valence-electron chi connectivity index (χ1n) is 5.31. The second-order valence-electron chi connectivity index (χ2n) is 3.79. The molecule has 1 aliphatic rings. The standard InChI is InChI=1S/C11H11N3O4/c12-14-9-4-1-6(5-13-9)11(17)18-10-7(15)2-3-8(10)16/h1,4-5,10H,2-3,12H2,(H,13,14). The fourth-order valence-electron chi connectivity index (χ4n) is 1.59. The summed E-state index contributed by atoms with van der Waals surface area (Å²) in [5.74, 6) is 4.05. The van der Waals surface area contributed by atoms with Crippen molar-refractivity contribution in [1.82, 2.24) is 4.98 Å². The van der Waals surface area contributed by atoms with Crippen LogP contribution in [0.1, 0.15) is 23.2 Å². The number of ether oxygens (including phenoxy) is 1. The van der Waals surface area contributed by atoms with Crippen LogP contribution in [-0.2, 0) is 14.3 Å². The number of esters is 1. The van der Waals surface area contributed by atoms with E-state index in [1.807, 2.05) is 0 Å². The lowest BCUT2D eigenvalue weighted by Gasteiger charge is -2.09. The predicted octanol–water partition coefficient (Wildman–Crippen LogP) is -0.175. The van der Waals surface area contributed by atoms with Gasteiger partial charge < -0.3 is 10.2 Å². The van der Waals surface area contributed by atoms with E-state index in [9.17, 15) is 14.4 Å². The summed E-state index contributed by atoms with van der Waals surface area (Å²) in [6.07, 6.45) is 0.252. The highest BCUT2D eigenvalue weighted by atomic mass is 16.6. The third-order valence-corrected chi connectivity index (χ3v) is 2.57. The van der Waals surface area contributed by atoms with E-state index in [1.165, 1.54) is 18.3 Å². The summed E-state index contributed by atoms with van der Waals surface area (Å²) in [5, 5.41) is 0. The van der Waals surface area contributed by atoms with E-state index in [0.717, 1.165) is 0 Å². The molecule has 0 saturated heterocycles. The summed E-state index contributed by atoms with van der Waals surface area (Å²) in [6, 6.07) is 2.92. The fraction of sp³-hybridized carbons (Fsp3) is 0.273. The Morgan fingerprint density at radius 1 is 1.33 bits per heavy atom. The molecule has 0 spiro atoms. The number of hydrazine groups is 1. The average Bonchev–Trinajstić information content (AvgIpc) is 2.70. The Balaban J connectivity index is 2.07. The summed E-state index contributed by atoms with van der Waals surface area (Å²) in [7, 11) is 0. The Labute approximate surface area is 102 Å². The van der Waals surface area contributed by atoms with Crippen molar-refractivity contribution in [3.63, 3.8) is 0 Å². The summed E-state index contributed by atoms with van der Waals surface area (Å²) in [5.41, 5.74) is 2.46. The highest BCUT2D eigenvalue weighted by Gasteiger charge is 2.36. The van der Waals surface area contributed by atoms with Crippen molar-refractivity contribution in [3.8, 4) is 0 Å². The number of hydrogen-bond acceptors (Lipinski definition) is 7. The molecule has 7 nitrogen and oxygen atoms in total. The van der Waals surface area contributed by atoms with Gasteiger partial charge in [-0.25, -0.2) is 15.6 Å². The van der Waals surface area contributed by atoms with Gasteiger partial charge in [-0.1, -0.05) is 0 Å². The van der Waals surface area contributed by atoms with Gasteiger partial charge in [-0.15, -0.1) is 0 Å². The van der Waals surface area contributed by atoms with Crippen LogP contribution in [0.15, 0.2) is 18.3 Å². The van der Waals surface area contributed by atoms with E-state index in [1.54, 1.807) is 0 Å². The minimum absolute atomic E-state index is 0.130. The largest absolute Gasteiger partial charge is 0.443 e. The van der Waals surface area contributed by atoms with E-state index in [0.29, 0.717) is 5.82 Å². The number of anilines is 1. The molecule has 0 atom stereocenters. The van der Waals surface area contributed by atoms with Crippen LogP contribution >= 0.6 is 0 Å². The lowest BCUT2D eigenvalue weighted by molar-refractivity contribution is -0.133. The van der Waals surface area contributed by atoms with Crippen molar-refractivity contribution in [3.05, 3.63) is 23.9 Å². The molecule has 1 saturated carbocycles. The third kappa shape index (κ3) is 2.35. The van der Waals surface area contributed by atoms with Crippen molar-refractivity contribution in [2.24, 2.45) is 5.84 Å². The van der Waals surface area contributed by atoms with Gasteiger partial charge in [0.05, 0.1) is 5.56 Å². The van der Waals surface area contributed by atoms with E-state index in [4.69, 9.17) is 10.6 Å². The Morgan fingerprint density at radius 2 is 2.00 bits per heavy atom. The van der Waals surface area contributed by atoms with Crippen LogP contribution in [0.2, 0.25) is 0 Å². The zero-order valence-corrected chi connectivity index (χ0v) is 9.38. The first-order valence-corrected chi connectivity index (χ1v) is 5.31. The fourth-order valence-corrected chi connectivity index (χ4v) is 1.59. The second kappa shape index (κ2) is 4.92. The van der Waals surface area contributed by atoms with Crippen LogP contribution in [0.4, 0.5) is 5.82 Å². The molecule has 0 aliphatic heterocycles. The number of aromatic nitrogens is 1. The molecule has 1 aromatic rings. The van der Waals surface area contributed by atoms with Gasteiger partial charge in [-0.2, -0.15) is 0 Å². The zero-order chi connectivity index (χ0) is 13.1. The van der Waals surface area contributed by atoms with Gasteiger partial charge >= 0.3 is 5.97 Å². The van der Waals surface area contributed by atoms with Crippen LogP contribution in [0.3, 0.4) is 0 Å². The molecule has 94 valence electrons. The number of nitrogens with one attached hydrogen (secondary N) is 1.